The predicted molar refractivity (Wildman–Crippen MR) is 92.5 cm³/mol. The molecule has 4 N–H and O–H groups in total. The molecule has 0 spiro atoms. The molecular weight excluding hydrogens is 306 g/mol. The van der Waals surface area contributed by atoms with Crippen LogP contribution in [-0.4, -0.2) is 17.7 Å². The quantitative estimate of drug-likeness (QED) is 0.595. The van der Waals surface area contributed by atoms with E-state index in [-0.39, 0.29) is 17.2 Å². The van der Waals surface area contributed by atoms with Gasteiger partial charge in [0.05, 0.1) is 5.56 Å². The zero-order valence-electron chi connectivity index (χ0n) is 13.5. The van der Waals surface area contributed by atoms with Crippen LogP contribution in [0.4, 0.5) is 11.4 Å². The lowest BCUT2D eigenvalue weighted by molar-refractivity contribution is -0.135. The molecule has 0 aromatic heterocycles. The van der Waals surface area contributed by atoms with Gasteiger partial charge in [-0.15, -0.1) is 0 Å². The Morgan fingerprint density at radius 2 is 1.54 bits per heavy atom. The first-order valence-corrected chi connectivity index (χ1v) is 7.50. The van der Waals surface area contributed by atoms with E-state index >= 15 is 0 Å². The van der Waals surface area contributed by atoms with E-state index in [0.29, 0.717) is 5.69 Å². The number of rotatable bonds is 3. The monoisotopic (exact) mass is 325 g/mol. The second kappa shape index (κ2) is 7.41. The summed E-state index contributed by atoms with van der Waals surface area (Å²) in [6.07, 6.45) is 0. The average Bonchev–Trinajstić information content (AvgIpc) is 2.55. The van der Waals surface area contributed by atoms with Gasteiger partial charge >= 0.3 is 11.8 Å². The zero-order chi connectivity index (χ0) is 17.7. The molecule has 0 aliphatic carbocycles. The molecule has 0 aliphatic heterocycles. The second-order valence-corrected chi connectivity index (χ2v) is 5.57. The van der Waals surface area contributed by atoms with Crippen LogP contribution in [0.1, 0.15) is 35.7 Å². The maximum atomic E-state index is 12.0. The van der Waals surface area contributed by atoms with Gasteiger partial charge in [-0.1, -0.05) is 44.2 Å². The van der Waals surface area contributed by atoms with E-state index in [9.17, 15) is 14.4 Å². The van der Waals surface area contributed by atoms with E-state index in [4.69, 9.17) is 5.73 Å². The highest BCUT2D eigenvalue weighted by Crippen LogP contribution is 2.23. The minimum atomic E-state index is -1.04. The maximum absolute atomic E-state index is 12.0. The van der Waals surface area contributed by atoms with Gasteiger partial charge < -0.3 is 11.1 Å². The number of benzene rings is 2. The molecule has 0 bridgehead atoms. The molecule has 6 heteroatoms. The van der Waals surface area contributed by atoms with Gasteiger partial charge in [0, 0.05) is 11.4 Å². The summed E-state index contributed by atoms with van der Waals surface area (Å²) in [6, 6.07) is 13.5. The third-order valence-corrected chi connectivity index (χ3v) is 3.47. The fourth-order valence-corrected chi connectivity index (χ4v) is 2.22. The molecular formula is C18H19N3O3. The molecule has 2 rings (SSSR count). The summed E-state index contributed by atoms with van der Waals surface area (Å²) in [5.41, 5.74) is 7.49. The molecule has 124 valence electrons. The van der Waals surface area contributed by atoms with E-state index in [0.717, 1.165) is 5.56 Å². The molecule has 6 nitrogen and oxygen atoms in total. The highest BCUT2D eigenvalue weighted by Gasteiger charge is 2.20. The number of hydrogen-bond donors (Lipinski definition) is 3. The summed E-state index contributed by atoms with van der Waals surface area (Å²) in [7, 11) is 0. The van der Waals surface area contributed by atoms with Crippen molar-refractivity contribution >= 4 is 29.1 Å². The van der Waals surface area contributed by atoms with Crippen molar-refractivity contribution in [3.05, 3.63) is 59.7 Å². The van der Waals surface area contributed by atoms with E-state index < -0.39 is 17.7 Å². The molecule has 0 atom stereocenters. The second-order valence-electron chi connectivity index (χ2n) is 5.57. The van der Waals surface area contributed by atoms with Gasteiger partial charge in [0.15, 0.2) is 0 Å². The fraction of sp³-hybridized carbons (Fsp3) is 0.167. The molecule has 0 heterocycles. The lowest BCUT2D eigenvalue weighted by atomic mass is 10.0. The first-order chi connectivity index (χ1) is 11.4. The van der Waals surface area contributed by atoms with Crippen molar-refractivity contribution < 1.29 is 14.4 Å². The van der Waals surface area contributed by atoms with Gasteiger partial charge in [-0.05, 0) is 29.7 Å². The third kappa shape index (κ3) is 3.98. The molecule has 0 aliphatic rings. The number of carbonyl (C=O) groups excluding carboxylic acids is 3. The van der Waals surface area contributed by atoms with Crippen molar-refractivity contribution in [2.75, 3.05) is 11.1 Å². The minimum Gasteiger partial charge on any atom is -0.398 e. The lowest BCUT2D eigenvalue weighted by Crippen LogP contribution is -2.39. The van der Waals surface area contributed by atoms with Crippen molar-refractivity contribution in [3.8, 4) is 0 Å². The number of nitrogens with one attached hydrogen (secondary N) is 2. The maximum Gasteiger partial charge on any atom is 0.316 e. The fourth-order valence-electron chi connectivity index (χ4n) is 2.22. The van der Waals surface area contributed by atoms with Crippen molar-refractivity contribution in [2.45, 2.75) is 19.8 Å². The van der Waals surface area contributed by atoms with Gasteiger partial charge in [-0.25, -0.2) is 0 Å². The number of para-hydroxylation sites is 2. The molecule has 2 aromatic rings. The Labute approximate surface area is 140 Å². The normalized spacial score (nSPS) is 10.3. The summed E-state index contributed by atoms with van der Waals surface area (Å²) >= 11 is 0. The molecule has 0 radical (unpaired) electrons. The van der Waals surface area contributed by atoms with E-state index in [1.807, 2.05) is 31.3 Å². The zero-order valence-corrected chi connectivity index (χ0v) is 13.5. The number of nitrogen functional groups attached to an aromatic ring is 1. The highest BCUT2D eigenvalue weighted by atomic mass is 16.2. The topological polar surface area (TPSA) is 101 Å². The van der Waals surface area contributed by atoms with Crippen LogP contribution < -0.4 is 16.4 Å². The largest absolute Gasteiger partial charge is 0.398 e. The summed E-state index contributed by atoms with van der Waals surface area (Å²) in [5.74, 6) is -2.49. The lowest BCUT2D eigenvalue weighted by Gasteiger charge is -2.13. The smallest absolute Gasteiger partial charge is 0.316 e. The van der Waals surface area contributed by atoms with E-state index in [1.54, 1.807) is 30.3 Å². The number of nitrogens with two attached hydrogens (primary N) is 1. The molecule has 0 saturated carbocycles. The van der Waals surface area contributed by atoms with Crippen LogP contribution >= 0.6 is 0 Å². The number of carbonyl (C=O) groups is 3. The van der Waals surface area contributed by atoms with Crippen molar-refractivity contribution in [2.24, 2.45) is 0 Å². The van der Waals surface area contributed by atoms with Gasteiger partial charge in [-0.2, -0.15) is 0 Å². The summed E-state index contributed by atoms with van der Waals surface area (Å²) in [4.78, 5) is 36.0. The van der Waals surface area contributed by atoms with Crippen molar-refractivity contribution in [1.82, 2.24) is 5.32 Å². The summed E-state index contributed by atoms with van der Waals surface area (Å²) < 4.78 is 0. The Morgan fingerprint density at radius 1 is 0.917 bits per heavy atom. The van der Waals surface area contributed by atoms with E-state index in [2.05, 4.69) is 5.32 Å². The highest BCUT2D eigenvalue weighted by molar-refractivity contribution is 6.42. The van der Waals surface area contributed by atoms with Gasteiger partial charge in [-0.3, -0.25) is 19.7 Å². The Balaban J connectivity index is 2.07. The molecule has 0 saturated heterocycles. The molecule has 3 amide bonds. The van der Waals surface area contributed by atoms with Gasteiger partial charge in [0.2, 0.25) is 0 Å². The minimum absolute atomic E-state index is 0.140. The summed E-state index contributed by atoms with van der Waals surface area (Å²) in [6.45, 7) is 3.96. The molecule has 24 heavy (non-hydrogen) atoms. The Hall–Kier alpha value is -3.15. The van der Waals surface area contributed by atoms with Crippen LogP contribution in [-0.2, 0) is 9.59 Å². The van der Waals surface area contributed by atoms with Crippen LogP contribution in [0, 0.1) is 0 Å². The number of anilines is 2. The van der Waals surface area contributed by atoms with E-state index in [1.165, 1.54) is 6.07 Å². The average molecular weight is 325 g/mol. The first-order valence-electron chi connectivity index (χ1n) is 7.50. The summed E-state index contributed by atoms with van der Waals surface area (Å²) in [5, 5.41) is 4.56. The molecule has 2 aromatic carbocycles. The number of hydrogen-bond acceptors (Lipinski definition) is 4. The molecule has 0 fully saturated rings. The van der Waals surface area contributed by atoms with Crippen LogP contribution in [0.25, 0.3) is 0 Å². The first kappa shape index (κ1) is 17.2. The third-order valence-electron chi connectivity index (χ3n) is 3.47. The Bertz CT molecular complexity index is 785. The van der Waals surface area contributed by atoms with Crippen molar-refractivity contribution in [1.29, 1.82) is 0 Å². The van der Waals surface area contributed by atoms with Crippen LogP contribution in [0.3, 0.4) is 0 Å². The van der Waals surface area contributed by atoms with Crippen molar-refractivity contribution in [3.63, 3.8) is 0 Å². The Kier molecular flexibility index (Phi) is 5.31. The number of imide groups is 1. The predicted octanol–water partition coefficient (Wildman–Crippen LogP) is 2.29. The number of amides is 3. The standard InChI is InChI=1S/C18H19N3O3/c1-11(2)12-7-4-6-10-15(12)20-17(23)18(24)21-16(22)13-8-3-5-9-14(13)19/h3-11H,19H2,1-2H3,(H,20,23)(H,21,22,24). The van der Waals surface area contributed by atoms with Crippen LogP contribution in [0.2, 0.25) is 0 Å². The molecule has 0 unspecified atom stereocenters. The van der Waals surface area contributed by atoms with Gasteiger partial charge in [0.1, 0.15) is 0 Å². The SMILES string of the molecule is CC(C)c1ccccc1NC(=O)C(=O)NC(=O)c1ccccc1N. The Morgan fingerprint density at radius 3 is 2.21 bits per heavy atom. The van der Waals surface area contributed by atoms with Crippen LogP contribution in [0.15, 0.2) is 48.5 Å². The van der Waals surface area contributed by atoms with Crippen LogP contribution in [0.5, 0.6) is 0 Å². The van der Waals surface area contributed by atoms with Gasteiger partial charge in [0.25, 0.3) is 5.91 Å².